The van der Waals surface area contributed by atoms with Crippen LogP contribution in [0, 0.1) is 0 Å². The molecule has 242 valence electrons. The Balaban J connectivity index is 0.00000645. The second-order valence-corrected chi connectivity index (χ2v) is 9.49. The number of carbonyl (C=O) groups excluding carboxylic acids is 4. The van der Waals surface area contributed by atoms with Gasteiger partial charge in [-0.25, -0.2) is 0 Å². The van der Waals surface area contributed by atoms with E-state index in [0.717, 1.165) is 0 Å². The topological polar surface area (TPSA) is 177 Å². The largest absolute Gasteiger partial charge is 0.379 e. The number of hydrogen-bond acceptors (Lipinski definition) is 11. The highest BCUT2D eigenvalue weighted by molar-refractivity contribution is 6.06. The summed E-state index contributed by atoms with van der Waals surface area (Å²) in [6, 6.07) is 4.36. The Hall–Kier alpha value is -2.69. The van der Waals surface area contributed by atoms with E-state index in [4.69, 9.17) is 34.2 Å². The number of imide groups is 1. The molecule has 0 spiro atoms. The van der Waals surface area contributed by atoms with Crippen molar-refractivity contribution < 1.29 is 47.6 Å². The second kappa shape index (κ2) is 21.1. The maximum absolute atomic E-state index is 12.9. The van der Waals surface area contributed by atoms with Gasteiger partial charge in [-0.3, -0.25) is 24.5 Å². The van der Waals surface area contributed by atoms with Crippen LogP contribution in [0.15, 0.2) is 18.2 Å². The molecule has 0 aromatic heterocycles. The van der Waals surface area contributed by atoms with E-state index in [1.165, 1.54) is 4.90 Å². The molecule has 2 heterocycles. The van der Waals surface area contributed by atoms with Gasteiger partial charge in [0.25, 0.3) is 5.91 Å². The second-order valence-electron chi connectivity index (χ2n) is 9.49. The van der Waals surface area contributed by atoms with E-state index in [1.807, 2.05) is 0 Å². The fourth-order valence-corrected chi connectivity index (χ4v) is 4.37. The summed E-state index contributed by atoms with van der Waals surface area (Å²) in [6.45, 7) is 5.96. The zero-order valence-corrected chi connectivity index (χ0v) is 25.2. The minimum Gasteiger partial charge on any atom is -0.379 e. The summed E-state index contributed by atoms with van der Waals surface area (Å²) < 4.78 is 32.3. The molecule has 3 rings (SSSR count). The van der Waals surface area contributed by atoms with Crippen LogP contribution in [0.3, 0.4) is 0 Å². The Labute approximate surface area is 257 Å². The molecule has 15 heteroatoms. The van der Waals surface area contributed by atoms with Gasteiger partial charge in [-0.05, 0) is 18.6 Å². The molecule has 43 heavy (non-hydrogen) atoms. The van der Waals surface area contributed by atoms with Crippen molar-refractivity contribution in [1.29, 1.82) is 0 Å². The standard InChI is InChI=1S/C28H42N4O10.ClH/c29-7-9-38-11-13-40-15-17-42-19-18-41-16-14-39-12-10-37-8-6-26(34)30-23-3-1-2-21-22(23)20-32(28(21)36)24-4-5-25(33)31-27(24)35;/h1-3,24H,4-20,29H2,(H,30,34)(H,31,33,35);1H. The van der Waals surface area contributed by atoms with E-state index >= 15 is 0 Å². The molecule has 4 amide bonds. The van der Waals surface area contributed by atoms with Gasteiger partial charge in [0.1, 0.15) is 6.04 Å². The number of nitrogens with two attached hydrogens (primary N) is 1. The number of rotatable bonds is 22. The maximum Gasteiger partial charge on any atom is 0.255 e. The molecule has 2 aliphatic heterocycles. The summed E-state index contributed by atoms with van der Waals surface area (Å²) in [4.78, 5) is 50.6. The van der Waals surface area contributed by atoms with Gasteiger partial charge in [0.15, 0.2) is 0 Å². The summed E-state index contributed by atoms with van der Waals surface area (Å²) in [6.07, 6.45) is 0.587. The minimum absolute atomic E-state index is 0. The monoisotopic (exact) mass is 630 g/mol. The molecule has 0 bridgehead atoms. The van der Waals surface area contributed by atoms with E-state index in [-0.39, 0.29) is 62.5 Å². The van der Waals surface area contributed by atoms with Crippen LogP contribution in [0.25, 0.3) is 0 Å². The third kappa shape index (κ3) is 12.8. The zero-order valence-electron chi connectivity index (χ0n) is 24.3. The molecule has 1 aromatic rings. The fourth-order valence-electron chi connectivity index (χ4n) is 4.37. The highest BCUT2D eigenvalue weighted by atomic mass is 35.5. The molecule has 0 saturated carbocycles. The van der Waals surface area contributed by atoms with Gasteiger partial charge >= 0.3 is 0 Å². The number of anilines is 1. The van der Waals surface area contributed by atoms with Gasteiger partial charge in [-0.1, -0.05) is 6.07 Å². The summed E-state index contributed by atoms with van der Waals surface area (Å²) in [5.74, 6) is -1.36. The fraction of sp³-hybridized carbons (Fsp3) is 0.643. The van der Waals surface area contributed by atoms with Crippen LogP contribution >= 0.6 is 12.4 Å². The smallest absolute Gasteiger partial charge is 0.255 e. The molecule has 14 nitrogen and oxygen atoms in total. The molecule has 4 N–H and O–H groups in total. The number of amides is 4. The van der Waals surface area contributed by atoms with Crippen molar-refractivity contribution in [3.8, 4) is 0 Å². The summed E-state index contributed by atoms with van der Waals surface area (Å²) in [5, 5.41) is 5.12. The number of fused-ring (bicyclic) bond motifs is 1. The quantitative estimate of drug-likeness (QED) is 0.118. The van der Waals surface area contributed by atoms with Crippen LogP contribution in [0.5, 0.6) is 0 Å². The molecule has 1 fully saturated rings. The molecule has 0 radical (unpaired) electrons. The van der Waals surface area contributed by atoms with Crippen molar-refractivity contribution in [2.75, 3.05) is 91.1 Å². The van der Waals surface area contributed by atoms with Crippen LogP contribution in [-0.4, -0.2) is 120 Å². The Morgan fingerprint density at radius 1 is 0.837 bits per heavy atom. The first-order valence-corrected chi connectivity index (χ1v) is 14.2. The number of carbonyl (C=O) groups is 4. The molecular weight excluding hydrogens is 588 g/mol. The van der Waals surface area contributed by atoms with Crippen molar-refractivity contribution >= 4 is 41.7 Å². The minimum atomic E-state index is -0.712. The summed E-state index contributed by atoms with van der Waals surface area (Å²) in [5.41, 5.74) is 6.93. The first-order chi connectivity index (χ1) is 20.5. The molecule has 1 aromatic carbocycles. The number of nitrogens with one attached hydrogen (secondary N) is 2. The molecule has 1 unspecified atom stereocenters. The Bertz CT molecular complexity index is 1030. The number of halogens is 1. The predicted octanol–water partition coefficient (Wildman–Crippen LogP) is 0.256. The first kappa shape index (κ1) is 36.5. The van der Waals surface area contributed by atoms with E-state index in [0.29, 0.717) is 96.0 Å². The lowest BCUT2D eigenvalue weighted by atomic mass is 10.0. The lowest BCUT2D eigenvalue weighted by Gasteiger charge is -2.29. The molecule has 1 saturated heterocycles. The number of piperidine rings is 1. The van der Waals surface area contributed by atoms with Crippen molar-refractivity contribution in [3.05, 3.63) is 29.3 Å². The van der Waals surface area contributed by atoms with Gasteiger partial charge in [0.05, 0.1) is 85.7 Å². The van der Waals surface area contributed by atoms with E-state index < -0.39 is 11.9 Å². The third-order valence-electron chi connectivity index (χ3n) is 6.45. The lowest BCUT2D eigenvalue weighted by Crippen LogP contribution is -2.52. The van der Waals surface area contributed by atoms with Crippen LogP contribution in [-0.2, 0) is 49.3 Å². The average molecular weight is 631 g/mol. The molecule has 2 aliphatic rings. The third-order valence-corrected chi connectivity index (χ3v) is 6.45. The van der Waals surface area contributed by atoms with Crippen LogP contribution in [0.2, 0.25) is 0 Å². The van der Waals surface area contributed by atoms with E-state index in [1.54, 1.807) is 18.2 Å². The van der Waals surface area contributed by atoms with Gasteiger partial charge < -0.3 is 44.4 Å². The van der Waals surface area contributed by atoms with Gasteiger partial charge in [-0.2, -0.15) is 0 Å². The number of benzene rings is 1. The van der Waals surface area contributed by atoms with E-state index in [2.05, 4.69) is 10.6 Å². The Morgan fingerprint density at radius 3 is 1.91 bits per heavy atom. The van der Waals surface area contributed by atoms with Gasteiger partial charge in [0.2, 0.25) is 17.7 Å². The van der Waals surface area contributed by atoms with Crippen LogP contribution in [0.1, 0.15) is 35.2 Å². The molecular formula is C28H43ClN4O10. The highest BCUT2D eigenvalue weighted by Gasteiger charge is 2.39. The van der Waals surface area contributed by atoms with Crippen molar-refractivity contribution in [1.82, 2.24) is 10.2 Å². The average Bonchev–Trinajstić information content (AvgIpc) is 3.31. The lowest BCUT2D eigenvalue weighted by molar-refractivity contribution is -0.137. The number of hydrogen-bond donors (Lipinski definition) is 3. The zero-order chi connectivity index (χ0) is 30.0. The van der Waals surface area contributed by atoms with Crippen molar-refractivity contribution in [2.45, 2.75) is 31.8 Å². The first-order valence-electron chi connectivity index (χ1n) is 14.2. The van der Waals surface area contributed by atoms with Gasteiger partial charge in [0, 0.05) is 36.3 Å². The molecule has 0 aliphatic carbocycles. The summed E-state index contributed by atoms with van der Waals surface area (Å²) >= 11 is 0. The van der Waals surface area contributed by atoms with Crippen LogP contribution < -0.4 is 16.4 Å². The Kier molecular flexibility index (Phi) is 17.9. The van der Waals surface area contributed by atoms with Crippen LogP contribution in [0.4, 0.5) is 5.69 Å². The summed E-state index contributed by atoms with van der Waals surface area (Å²) in [7, 11) is 0. The maximum atomic E-state index is 12.9. The number of ether oxygens (including phenoxy) is 6. The normalized spacial score (nSPS) is 16.2. The van der Waals surface area contributed by atoms with Gasteiger partial charge in [-0.15, -0.1) is 12.4 Å². The SMILES string of the molecule is Cl.NCCOCCOCCOCCOCCOCCOCCC(=O)Nc1cccc2c1CN(C1CCC(=O)NC1=O)C2=O. The van der Waals surface area contributed by atoms with Crippen molar-refractivity contribution in [2.24, 2.45) is 5.73 Å². The molecule has 1 atom stereocenters. The van der Waals surface area contributed by atoms with Crippen molar-refractivity contribution in [3.63, 3.8) is 0 Å². The predicted molar refractivity (Wildman–Crippen MR) is 157 cm³/mol. The van der Waals surface area contributed by atoms with E-state index in [9.17, 15) is 19.2 Å². The highest BCUT2D eigenvalue weighted by Crippen LogP contribution is 2.32. The Morgan fingerprint density at radius 2 is 1.37 bits per heavy atom. The number of nitrogens with zero attached hydrogens (tertiary/aromatic N) is 1.